The Morgan fingerprint density at radius 3 is 1.57 bits per heavy atom. The molecule has 9 rings (SSSR count). The number of nitrogens with zero attached hydrogens (tertiary/aromatic N) is 1. The molecule has 0 amide bonds. The summed E-state index contributed by atoms with van der Waals surface area (Å²) in [5.74, 6) is 0. The maximum absolute atomic E-state index is 2.46. The van der Waals surface area contributed by atoms with Gasteiger partial charge in [0.15, 0.2) is 0 Å². The van der Waals surface area contributed by atoms with Crippen molar-refractivity contribution >= 4 is 53.3 Å². The standard InChI is InChI=1S/C42H27NS/c1-3-11-28(12-4-1)30-19-21-31(22-20-30)33-23-32(29-13-5-2-6-14-29)24-34(25-33)43-39-17-9-7-15-35(39)37-27-42-38(26-40(37)43)36-16-8-10-18-41(36)44-42/h1-27H. The van der Waals surface area contributed by atoms with Crippen molar-refractivity contribution in [3.63, 3.8) is 0 Å². The van der Waals surface area contributed by atoms with Crippen molar-refractivity contribution in [3.8, 4) is 39.1 Å². The minimum Gasteiger partial charge on any atom is -0.309 e. The Morgan fingerprint density at radius 1 is 0.318 bits per heavy atom. The van der Waals surface area contributed by atoms with E-state index in [1.165, 1.54) is 81.0 Å². The Balaban J connectivity index is 1.31. The average molecular weight is 578 g/mol. The number of rotatable bonds is 4. The summed E-state index contributed by atoms with van der Waals surface area (Å²) in [6, 6.07) is 59.7. The molecule has 0 atom stereocenters. The van der Waals surface area contributed by atoms with Crippen molar-refractivity contribution in [3.05, 3.63) is 164 Å². The van der Waals surface area contributed by atoms with Gasteiger partial charge in [0.1, 0.15) is 0 Å². The van der Waals surface area contributed by atoms with E-state index in [0.717, 1.165) is 0 Å². The molecule has 0 spiro atoms. The van der Waals surface area contributed by atoms with Gasteiger partial charge in [0.25, 0.3) is 0 Å². The smallest absolute Gasteiger partial charge is 0.0548 e. The predicted molar refractivity (Wildman–Crippen MR) is 190 cm³/mol. The lowest BCUT2D eigenvalue weighted by Crippen LogP contribution is -1.96. The van der Waals surface area contributed by atoms with Crippen molar-refractivity contribution < 1.29 is 0 Å². The first kappa shape index (κ1) is 25.1. The van der Waals surface area contributed by atoms with Crippen LogP contribution in [-0.2, 0) is 0 Å². The summed E-state index contributed by atoms with van der Waals surface area (Å²) in [6.07, 6.45) is 0. The zero-order valence-corrected chi connectivity index (χ0v) is 24.8. The first-order valence-electron chi connectivity index (χ1n) is 15.0. The zero-order valence-electron chi connectivity index (χ0n) is 23.9. The number of fused-ring (bicyclic) bond motifs is 6. The van der Waals surface area contributed by atoms with Crippen LogP contribution in [0.2, 0.25) is 0 Å². The van der Waals surface area contributed by atoms with Gasteiger partial charge in [-0.05, 0) is 75.8 Å². The fraction of sp³-hybridized carbons (Fsp3) is 0. The SMILES string of the molecule is c1ccc(-c2ccc(-c3cc(-c4ccccc4)cc(-n4c5ccccc5c5cc6sc7ccccc7c6cc54)c3)cc2)cc1. The van der Waals surface area contributed by atoms with Crippen LogP contribution < -0.4 is 0 Å². The van der Waals surface area contributed by atoms with Crippen LogP contribution in [-0.4, -0.2) is 4.57 Å². The molecule has 0 aliphatic rings. The molecule has 2 heterocycles. The second-order valence-electron chi connectivity index (χ2n) is 11.4. The van der Waals surface area contributed by atoms with Crippen LogP contribution in [0.3, 0.4) is 0 Å². The second-order valence-corrected chi connectivity index (χ2v) is 12.5. The molecule has 0 aliphatic heterocycles. The van der Waals surface area contributed by atoms with E-state index >= 15 is 0 Å². The number of thiophene rings is 1. The van der Waals surface area contributed by atoms with Gasteiger partial charge in [0, 0.05) is 36.6 Å². The van der Waals surface area contributed by atoms with Gasteiger partial charge in [-0.3, -0.25) is 0 Å². The molecule has 2 aromatic heterocycles. The first-order chi connectivity index (χ1) is 21.8. The van der Waals surface area contributed by atoms with E-state index in [2.05, 4.69) is 168 Å². The number of benzene rings is 7. The van der Waals surface area contributed by atoms with Crippen LogP contribution in [0.4, 0.5) is 0 Å². The van der Waals surface area contributed by atoms with Gasteiger partial charge in [-0.2, -0.15) is 0 Å². The van der Waals surface area contributed by atoms with Crippen molar-refractivity contribution in [1.82, 2.24) is 4.57 Å². The minimum atomic E-state index is 1.17. The molecule has 1 nitrogen and oxygen atoms in total. The Morgan fingerprint density at radius 2 is 0.864 bits per heavy atom. The van der Waals surface area contributed by atoms with E-state index in [0.29, 0.717) is 0 Å². The molecular weight excluding hydrogens is 551 g/mol. The van der Waals surface area contributed by atoms with Gasteiger partial charge in [-0.25, -0.2) is 0 Å². The highest BCUT2D eigenvalue weighted by Gasteiger charge is 2.17. The van der Waals surface area contributed by atoms with Gasteiger partial charge in [-0.15, -0.1) is 11.3 Å². The van der Waals surface area contributed by atoms with Gasteiger partial charge >= 0.3 is 0 Å². The van der Waals surface area contributed by atoms with Crippen molar-refractivity contribution in [1.29, 1.82) is 0 Å². The van der Waals surface area contributed by atoms with Crippen LogP contribution >= 0.6 is 11.3 Å². The number of aromatic nitrogens is 1. The summed E-state index contributed by atoms with van der Waals surface area (Å²) in [7, 11) is 0. The third-order valence-corrected chi connectivity index (χ3v) is 9.91. The summed E-state index contributed by atoms with van der Waals surface area (Å²) in [4.78, 5) is 0. The Bertz CT molecular complexity index is 2470. The molecule has 0 saturated carbocycles. The molecule has 9 aromatic rings. The van der Waals surface area contributed by atoms with E-state index in [1.807, 2.05) is 11.3 Å². The molecule has 0 unspecified atom stereocenters. The summed E-state index contributed by atoms with van der Waals surface area (Å²) in [5.41, 5.74) is 10.9. The zero-order chi connectivity index (χ0) is 29.0. The van der Waals surface area contributed by atoms with Gasteiger partial charge in [0.2, 0.25) is 0 Å². The molecule has 2 heteroatoms. The van der Waals surface area contributed by atoms with Crippen LogP contribution in [0, 0.1) is 0 Å². The molecule has 206 valence electrons. The van der Waals surface area contributed by atoms with E-state index in [1.54, 1.807) is 0 Å². The first-order valence-corrected chi connectivity index (χ1v) is 15.8. The van der Waals surface area contributed by atoms with Crippen LogP contribution in [0.25, 0.3) is 81.0 Å². The maximum atomic E-state index is 2.46. The highest BCUT2D eigenvalue weighted by atomic mass is 32.1. The Hall–Kier alpha value is -5.44. The van der Waals surface area contributed by atoms with E-state index in [9.17, 15) is 0 Å². The van der Waals surface area contributed by atoms with Gasteiger partial charge < -0.3 is 4.57 Å². The highest BCUT2D eigenvalue weighted by molar-refractivity contribution is 7.25. The second kappa shape index (κ2) is 10.1. The lowest BCUT2D eigenvalue weighted by Gasteiger charge is -2.14. The lowest BCUT2D eigenvalue weighted by molar-refractivity contribution is 1.18. The third-order valence-electron chi connectivity index (χ3n) is 8.78. The van der Waals surface area contributed by atoms with Crippen molar-refractivity contribution in [2.45, 2.75) is 0 Å². The minimum absolute atomic E-state index is 1.17. The van der Waals surface area contributed by atoms with Crippen LogP contribution in [0.15, 0.2) is 164 Å². The summed E-state index contributed by atoms with van der Waals surface area (Å²) in [6.45, 7) is 0. The molecule has 44 heavy (non-hydrogen) atoms. The average Bonchev–Trinajstić information content (AvgIpc) is 3.63. The van der Waals surface area contributed by atoms with Gasteiger partial charge in [-0.1, -0.05) is 121 Å². The summed E-state index contributed by atoms with van der Waals surface area (Å²) < 4.78 is 5.13. The molecule has 0 radical (unpaired) electrons. The number of para-hydroxylation sites is 1. The topological polar surface area (TPSA) is 4.93 Å². The molecule has 7 aromatic carbocycles. The van der Waals surface area contributed by atoms with Crippen LogP contribution in [0.5, 0.6) is 0 Å². The predicted octanol–water partition coefficient (Wildman–Crippen LogP) is 12.2. The van der Waals surface area contributed by atoms with E-state index < -0.39 is 0 Å². The molecule has 0 saturated heterocycles. The fourth-order valence-electron chi connectivity index (χ4n) is 6.65. The summed E-state index contributed by atoms with van der Waals surface area (Å²) in [5, 5.41) is 5.21. The summed E-state index contributed by atoms with van der Waals surface area (Å²) >= 11 is 1.88. The van der Waals surface area contributed by atoms with E-state index in [4.69, 9.17) is 0 Å². The lowest BCUT2D eigenvalue weighted by atomic mass is 9.96. The quantitative estimate of drug-likeness (QED) is 0.196. The van der Waals surface area contributed by atoms with Gasteiger partial charge in [0.05, 0.1) is 11.0 Å². The number of hydrogen-bond acceptors (Lipinski definition) is 1. The van der Waals surface area contributed by atoms with Crippen LogP contribution in [0.1, 0.15) is 0 Å². The largest absolute Gasteiger partial charge is 0.309 e. The third kappa shape index (κ3) is 4.07. The molecule has 0 fully saturated rings. The number of hydrogen-bond donors (Lipinski definition) is 0. The normalized spacial score (nSPS) is 11.6. The Kier molecular flexibility index (Phi) is 5.75. The van der Waals surface area contributed by atoms with E-state index in [-0.39, 0.29) is 0 Å². The Labute approximate surface area is 259 Å². The molecule has 0 bridgehead atoms. The molecule has 0 N–H and O–H groups in total. The fourth-order valence-corrected chi connectivity index (χ4v) is 7.78. The van der Waals surface area contributed by atoms with Crippen molar-refractivity contribution in [2.24, 2.45) is 0 Å². The molecular formula is C42H27NS. The molecule has 0 aliphatic carbocycles. The highest BCUT2D eigenvalue weighted by Crippen LogP contribution is 2.41. The maximum Gasteiger partial charge on any atom is 0.0548 e. The van der Waals surface area contributed by atoms with Crippen molar-refractivity contribution in [2.75, 3.05) is 0 Å². The monoisotopic (exact) mass is 577 g/mol.